The van der Waals surface area contributed by atoms with Gasteiger partial charge in [0.2, 0.25) is 11.8 Å². The standard InChI is InChI=1S/C11H9BrN2O3S/c12-6-1-3-7(4-2-6)13-9(15)5-8-10(16)14-11(17)18-8/h1-4,8H,5H2,(H,13,15)(H,14,16,17). The molecule has 2 rings (SSSR count). The average Bonchev–Trinajstić information content (AvgIpc) is 2.61. The summed E-state index contributed by atoms with van der Waals surface area (Å²) in [7, 11) is 0. The quantitative estimate of drug-likeness (QED) is 0.891. The lowest BCUT2D eigenvalue weighted by molar-refractivity contribution is -0.122. The number of benzene rings is 1. The number of hydrogen-bond acceptors (Lipinski definition) is 4. The molecule has 1 aromatic rings. The third kappa shape index (κ3) is 3.33. The molecule has 0 saturated carbocycles. The number of amides is 3. The molecule has 0 bridgehead atoms. The number of anilines is 1. The van der Waals surface area contributed by atoms with Gasteiger partial charge in [-0.2, -0.15) is 0 Å². The Morgan fingerprint density at radius 3 is 2.56 bits per heavy atom. The highest BCUT2D eigenvalue weighted by Crippen LogP contribution is 2.22. The number of hydrogen-bond donors (Lipinski definition) is 2. The number of imide groups is 1. The molecule has 7 heteroatoms. The number of nitrogens with one attached hydrogen (secondary N) is 2. The highest BCUT2D eigenvalue weighted by atomic mass is 79.9. The van der Waals surface area contributed by atoms with Crippen LogP contribution in [0.1, 0.15) is 6.42 Å². The Hall–Kier alpha value is -1.34. The maximum atomic E-state index is 11.7. The Kier molecular flexibility index (Phi) is 4.03. The molecule has 1 heterocycles. The molecule has 18 heavy (non-hydrogen) atoms. The van der Waals surface area contributed by atoms with E-state index in [1.165, 1.54) is 0 Å². The van der Waals surface area contributed by atoms with E-state index in [9.17, 15) is 14.4 Å². The number of carbonyl (C=O) groups is 3. The van der Waals surface area contributed by atoms with E-state index >= 15 is 0 Å². The van der Waals surface area contributed by atoms with Crippen molar-refractivity contribution in [2.45, 2.75) is 11.7 Å². The van der Waals surface area contributed by atoms with Crippen LogP contribution in [0.2, 0.25) is 0 Å². The van der Waals surface area contributed by atoms with Crippen molar-refractivity contribution < 1.29 is 14.4 Å². The molecule has 0 aliphatic carbocycles. The van der Waals surface area contributed by atoms with E-state index in [-0.39, 0.29) is 12.3 Å². The average molecular weight is 329 g/mol. The van der Waals surface area contributed by atoms with E-state index in [0.717, 1.165) is 16.2 Å². The van der Waals surface area contributed by atoms with E-state index in [1.807, 2.05) is 0 Å². The number of carbonyl (C=O) groups excluding carboxylic acids is 3. The Morgan fingerprint density at radius 1 is 1.33 bits per heavy atom. The maximum Gasteiger partial charge on any atom is 0.286 e. The van der Waals surface area contributed by atoms with Crippen molar-refractivity contribution in [1.29, 1.82) is 0 Å². The van der Waals surface area contributed by atoms with E-state index < -0.39 is 16.4 Å². The minimum atomic E-state index is -0.632. The lowest BCUT2D eigenvalue weighted by atomic mass is 10.2. The molecule has 1 saturated heterocycles. The summed E-state index contributed by atoms with van der Waals surface area (Å²) in [6, 6.07) is 7.09. The summed E-state index contributed by atoms with van der Waals surface area (Å²) in [5.74, 6) is -0.698. The highest BCUT2D eigenvalue weighted by molar-refractivity contribution is 9.10. The molecule has 2 N–H and O–H groups in total. The minimum absolute atomic E-state index is 0.0156. The van der Waals surface area contributed by atoms with Crippen LogP contribution in [-0.2, 0) is 9.59 Å². The van der Waals surface area contributed by atoms with Gasteiger partial charge in [0.1, 0.15) is 5.25 Å². The van der Waals surface area contributed by atoms with Crippen molar-refractivity contribution in [3.63, 3.8) is 0 Å². The monoisotopic (exact) mass is 328 g/mol. The number of rotatable bonds is 3. The van der Waals surface area contributed by atoms with Crippen molar-refractivity contribution in [3.05, 3.63) is 28.7 Å². The second-order valence-corrected chi connectivity index (χ2v) is 5.73. The van der Waals surface area contributed by atoms with Gasteiger partial charge in [0.25, 0.3) is 5.24 Å². The van der Waals surface area contributed by atoms with Gasteiger partial charge in [-0.15, -0.1) is 0 Å². The molecular formula is C11H9BrN2O3S. The van der Waals surface area contributed by atoms with Crippen molar-refractivity contribution in [1.82, 2.24) is 5.32 Å². The first-order chi connectivity index (χ1) is 8.54. The van der Waals surface area contributed by atoms with Gasteiger partial charge in [-0.05, 0) is 24.3 Å². The number of halogens is 1. The predicted octanol–water partition coefficient (Wildman–Crippen LogP) is 2.13. The first-order valence-corrected chi connectivity index (χ1v) is 6.79. The van der Waals surface area contributed by atoms with Crippen molar-refractivity contribution >= 4 is 50.4 Å². The zero-order chi connectivity index (χ0) is 13.1. The van der Waals surface area contributed by atoms with Crippen molar-refractivity contribution in [2.75, 3.05) is 5.32 Å². The molecule has 1 aromatic carbocycles. The predicted molar refractivity (Wildman–Crippen MR) is 72.3 cm³/mol. The van der Waals surface area contributed by atoms with Crippen LogP contribution in [0.15, 0.2) is 28.7 Å². The van der Waals surface area contributed by atoms with Gasteiger partial charge in [0.05, 0.1) is 0 Å². The second-order valence-electron chi connectivity index (χ2n) is 3.64. The summed E-state index contributed by atoms with van der Waals surface area (Å²) >= 11 is 4.14. The summed E-state index contributed by atoms with van der Waals surface area (Å²) in [6.45, 7) is 0. The zero-order valence-corrected chi connectivity index (χ0v) is 11.5. The van der Waals surface area contributed by atoms with Crippen LogP contribution < -0.4 is 10.6 Å². The fraction of sp³-hybridized carbons (Fsp3) is 0.182. The Balaban J connectivity index is 1.91. The molecule has 0 spiro atoms. The SMILES string of the molecule is O=C(CC1SC(=O)NC1=O)Nc1ccc(Br)cc1. The molecule has 5 nitrogen and oxygen atoms in total. The Bertz CT molecular complexity index is 504. The van der Waals surface area contributed by atoms with Crippen LogP contribution in [0.25, 0.3) is 0 Å². The largest absolute Gasteiger partial charge is 0.326 e. The summed E-state index contributed by atoms with van der Waals surface area (Å²) in [5, 5.41) is 3.78. The Labute approximate surface area is 116 Å². The van der Waals surface area contributed by atoms with Crippen LogP contribution in [-0.4, -0.2) is 22.3 Å². The van der Waals surface area contributed by atoms with Crippen LogP contribution in [0.5, 0.6) is 0 Å². The minimum Gasteiger partial charge on any atom is -0.326 e. The topological polar surface area (TPSA) is 75.3 Å². The molecular weight excluding hydrogens is 320 g/mol. The fourth-order valence-corrected chi connectivity index (χ4v) is 2.52. The van der Waals surface area contributed by atoms with Crippen LogP contribution in [0.4, 0.5) is 10.5 Å². The molecule has 1 atom stereocenters. The smallest absolute Gasteiger partial charge is 0.286 e. The Morgan fingerprint density at radius 2 is 2.00 bits per heavy atom. The molecule has 1 aliphatic rings. The molecule has 94 valence electrons. The highest BCUT2D eigenvalue weighted by Gasteiger charge is 2.33. The summed E-state index contributed by atoms with van der Waals surface area (Å²) < 4.78 is 0.914. The number of thioether (sulfide) groups is 1. The molecule has 3 amide bonds. The normalized spacial score (nSPS) is 18.6. The van der Waals surface area contributed by atoms with Gasteiger partial charge in [-0.1, -0.05) is 27.7 Å². The van der Waals surface area contributed by atoms with Gasteiger partial charge in [0.15, 0.2) is 0 Å². The van der Waals surface area contributed by atoms with Gasteiger partial charge >= 0.3 is 0 Å². The van der Waals surface area contributed by atoms with Crippen LogP contribution in [0, 0.1) is 0 Å². The molecule has 1 unspecified atom stereocenters. The lowest BCUT2D eigenvalue weighted by Gasteiger charge is -2.07. The van der Waals surface area contributed by atoms with Gasteiger partial charge in [-0.3, -0.25) is 19.7 Å². The van der Waals surface area contributed by atoms with E-state index in [1.54, 1.807) is 24.3 Å². The lowest BCUT2D eigenvalue weighted by Crippen LogP contribution is -2.27. The summed E-state index contributed by atoms with van der Waals surface area (Å²) in [6.07, 6.45) is -0.0156. The molecule has 0 radical (unpaired) electrons. The van der Waals surface area contributed by atoms with Crippen LogP contribution in [0.3, 0.4) is 0 Å². The third-order valence-electron chi connectivity index (χ3n) is 2.27. The maximum absolute atomic E-state index is 11.7. The fourth-order valence-electron chi connectivity index (χ4n) is 1.44. The first-order valence-electron chi connectivity index (χ1n) is 5.11. The summed E-state index contributed by atoms with van der Waals surface area (Å²) in [4.78, 5) is 33.9. The van der Waals surface area contributed by atoms with E-state index in [2.05, 4.69) is 26.6 Å². The van der Waals surface area contributed by atoms with Gasteiger partial charge in [0, 0.05) is 16.6 Å². The van der Waals surface area contributed by atoms with Gasteiger partial charge < -0.3 is 5.32 Å². The molecule has 1 aliphatic heterocycles. The van der Waals surface area contributed by atoms with E-state index in [4.69, 9.17) is 0 Å². The van der Waals surface area contributed by atoms with E-state index in [0.29, 0.717) is 5.69 Å². The first kappa shape index (κ1) is 13.1. The molecule has 0 aromatic heterocycles. The summed E-state index contributed by atoms with van der Waals surface area (Å²) in [5.41, 5.74) is 0.651. The zero-order valence-electron chi connectivity index (χ0n) is 9.10. The van der Waals surface area contributed by atoms with Crippen LogP contribution >= 0.6 is 27.7 Å². The van der Waals surface area contributed by atoms with Crippen molar-refractivity contribution in [2.24, 2.45) is 0 Å². The van der Waals surface area contributed by atoms with Gasteiger partial charge in [-0.25, -0.2) is 0 Å². The third-order valence-corrected chi connectivity index (χ3v) is 3.78. The van der Waals surface area contributed by atoms with Crippen molar-refractivity contribution in [3.8, 4) is 0 Å². The second kappa shape index (κ2) is 5.53. The molecule has 1 fully saturated rings.